The summed E-state index contributed by atoms with van der Waals surface area (Å²) in [6.45, 7) is 3.42. The molecule has 0 aliphatic carbocycles. The predicted octanol–water partition coefficient (Wildman–Crippen LogP) is 0.406. The number of benzene rings is 2. The van der Waals surface area contributed by atoms with E-state index in [0.717, 1.165) is 16.5 Å². The normalized spacial score (nSPS) is 13.8. The van der Waals surface area contributed by atoms with Gasteiger partial charge < -0.3 is 47.7 Å². The molecule has 4 amide bonds. The topological polar surface area (TPSA) is 232 Å². The van der Waals surface area contributed by atoms with Crippen molar-refractivity contribution in [3.8, 4) is 5.75 Å². The van der Waals surface area contributed by atoms with Crippen LogP contribution in [-0.2, 0) is 32.0 Å². The standard InChI is InChI=1S/C31H35N7O6/c1-17(28(34)40)27(26-7-4-12-44-26)38-30(42)24(14-19-16-35-23-6-3-2-5-21(19)23)36-31(43)25(15-32)37-29(41)22(33)13-18-8-10-20(39)11-9-18/h2-12,16,22,24-25,27,35,39H,1,13-15,32-33H2,(H2,34,40)(H,36,43)(H,37,41)(H,38,42)/t22-,24-,25+,27+/m0/s1. The highest BCUT2D eigenvalue weighted by molar-refractivity contribution is 5.96. The van der Waals surface area contributed by atoms with Gasteiger partial charge in [-0.15, -0.1) is 0 Å². The van der Waals surface area contributed by atoms with Crippen molar-refractivity contribution in [1.82, 2.24) is 20.9 Å². The first kappa shape index (κ1) is 31.5. The average molecular weight is 602 g/mol. The molecule has 0 bridgehead atoms. The number of carbonyl (C=O) groups is 4. The first-order chi connectivity index (χ1) is 21.1. The highest BCUT2D eigenvalue weighted by Gasteiger charge is 2.31. The van der Waals surface area contributed by atoms with Gasteiger partial charge in [0.1, 0.15) is 29.6 Å². The van der Waals surface area contributed by atoms with Gasteiger partial charge in [-0.1, -0.05) is 36.9 Å². The van der Waals surface area contributed by atoms with Crippen molar-refractivity contribution in [2.75, 3.05) is 6.54 Å². The molecule has 0 unspecified atom stereocenters. The largest absolute Gasteiger partial charge is 0.508 e. The van der Waals surface area contributed by atoms with E-state index in [1.807, 2.05) is 24.3 Å². The number of rotatable bonds is 14. The highest BCUT2D eigenvalue weighted by Crippen LogP contribution is 2.23. The van der Waals surface area contributed by atoms with Crippen LogP contribution in [0.5, 0.6) is 5.75 Å². The Balaban J connectivity index is 1.53. The van der Waals surface area contributed by atoms with Gasteiger partial charge in [0, 0.05) is 35.6 Å². The van der Waals surface area contributed by atoms with Crippen molar-refractivity contribution in [2.45, 2.75) is 37.0 Å². The van der Waals surface area contributed by atoms with Gasteiger partial charge in [0.2, 0.25) is 23.6 Å². The highest BCUT2D eigenvalue weighted by atomic mass is 16.3. The molecule has 2 aromatic carbocycles. The summed E-state index contributed by atoms with van der Waals surface area (Å²) in [5.74, 6) is -2.57. The van der Waals surface area contributed by atoms with Crippen LogP contribution in [0.1, 0.15) is 22.9 Å². The van der Waals surface area contributed by atoms with Crippen LogP contribution in [0, 0.1) is 0 Å². The first-order valence-corrected chi connectivity index (χ1v) is 13.8. The molecule has 0 fully saturated rings. The summed E-state index contributed by atoms with van der Waals surface area (Å²) in [4.78, 5) is 55.1. The molecule has 0 saturated heterocycles. The third-order valence-corrected chi connectivity index (χ3v) is 7.11. The number of furan rings is 1. The van der Waals surface area contributed by atoms with Crippen molar-refractivity contribution in [3.05, 3.63) is 102 Å². The van der Waals surface area contributed by atoms with Gasteiger partial charge in [0.25, 0.3) is 0 Å². The molecule has 0 radical (unpaired) electrons. The average Bonchev–Trinajstić information content (AvgIpc) is 3.69. The van der Waals surface area contributed by atoms with Crippen LogP contribution < -0.4 is 33.2 Å². The molecule has 2 aromatic heterocycles. The first-order valence-electron chi connectivity index (χ1n) is 13.8. The SMILES string of the molecule is C=C(C(N)=O)[C@@H](NC(=O)[C@H](Cc1c[nH]c2ccccc12)NC(=O)[C@@H](CN)NC(=O)[C@@H](N)Cc1ccc(O)cc1)c1ccco1. The van der Waals surface area contributed by atoms with Gasteiger partial charge >= 0.3 is 0 Å². The zero-order valence-corrected chi connectivity index (χ0v) is 23.8. The van der Waals surface area contributed by atoms with Crippen LogP contribution in [0.4, 0.5) is 0 Å². The number of nitrogens with two attached hydrogens (primary N) is 3. The number of primary amides is 1. The Morgan fingerprint density at radius 1 is 0.886 bits per heavy atom. The minimum Gasteiger partial charge on any atom is -0.508 e. The van der Waals surface area contributed by atoms with E-state index in [2.05, 4.69) is 27.5 Å². The van der Waals surface area contributed by atoms with Gasteiger partial charge in [-0.05, 0) is 47.9 Å². The maximum Gasteiger partial charge on any atom is 0.246 e. The van der Waals surface area contributed by atoms with Gasteiger partial charge in [-0.3, -0.25) is 19.2 Å². The lowest BCUT2D eigenvalue weighted by molar-refractivity contribution is -0.132. The molecule has 4 aromatic rings. The van der Waals surface area contributed by atoms with Gasteiger partial charge in [-0.2, -0.15) is 0 Å². The van der Waals surface area contributed by atoms with Crippen LogP contribution in [-0.4, -0.2) is 58.4 Å². The van der Waals surface area contributed by atoms with E-state index in [4.69, 9.17) is 21.6 Å². The van der Waals surface area contributed by atoms with Gasteiger partial charge in [0.05, 0.1) is 12.3 Å². The second kappa shape index (κ2) is 14.2. The number of H-pyrrole nitrogens is 1. The Morgan fingerprint density at radius 3 is 2.23 bits per heavy atom. The molecular formula is C31H35N7O6. The van der Waals surface area contributed by atoms with Crippen LogP contribution >= 0.6 is 0 Å². The van der Waals surface area contributed by atoms with Crippen molar-refractivity contribution in [3.63, 3.8) is 0 Å². The molecule has 4 rings (SSSR count). The summed E-state index contributed by atoms with van der Waals surface area (Å²) in [6.07, 6.45) is 3.29. The molecule has 230 valence electrons. The van der Waals surface area contributed by atoms with E-state index in [-0.39, 0.29) is 36.5 Å². The van der Waals surface area contributed by atoms with Crippen LogP contribution in [0.15, 0.2) is 89.7 Å². The number of amides is 4. The summed E-state index contributed by atoms with van der Waals surface area (Å²) in [5.41, 5.74) is 19.5. The summed E-state index contributed by atoms with van der Waals surface area (Å²) in [6, 6.07) is 12.3. The molecule has 2 heterocycles. The number of aromatic hydroxyl groups is 1. The smallest absolute Gasteiger partial charge is 0.246 e. The number of aromatic nitrogens is 1. The van der Waals surface area contributed by atoms with Crippen molar-refractivity contribution >= 4 is 34.5 Å². The molecular weight excluding hydrogens is 566 g/mol. The zero-order chi connectivity index (χ0) is 31.8. The molecule has 0 aliphatic heterocycles. The lowest BCUT2D eigenvalue weighted by Crippen LogP contribution is -2.58. The quantitative estimate of drug-likeness (QED) is 0.0941. The number of phenols is 1. The number of para-hydroxylation sites is 1. The lowest BCUT2D eigenvalue weighted by atomic mass is 10.0. The minimum absolute atomic E-state index is 0.0428. The Bertz CT molecular complexity index is 1630. The Morgan fingerprint density at radius 2 is 1.57 bits per heavy atom. The number of nitrogens with one attached hydrogen (secondary N) is 4. The molecule has 44 heavy (non-hydrogen) atoms. The third-order valence-electron chi connectivity index (χ3n) is 7.11. The van der Waals surface area contributed by atoms with Gasteiger partial charge in [-0.25, -0.2) is 0 Å². The maximum absolute atomic E-state index is 13.7. The molecule has 11 N–H and O–H groups in total. The van der Waals surface area contributed by atoms with E-state index in [9.17, 15) is 24.3 Å². The monoisotopic (exact) mass is 601 g/mol. The molecule has 13 nitrogen and oxygen atoms in total. The van der Waals surface area contributed by atoms with E-state index >= 15 is 0 Å². The van der Waals surface area contributed by atoms with Crippen molar-refractivity contribution in [2.24, 2.45) is 17.2 Å². The summed E-state index contributed by atoms with van der Waals surface area (Å²) >= 11 is 0. The zero-order valence-electron chi connectivity index (χ0n) is 23.8. The number of hydrogen-bond acceptors (Lipinski definition) is 8. The van der Waals surface area contributed by atoms with Crippen LogP contribution in [0.25, 0.3) is 10.9 Å². The molecule has 0 saturated carbocycles. The number of phenolic OH excluding ortho intramolecular Hbond substituents is 1. The van der Waals surface area contributed by atoms with E-state index in [1.165, 1.54) is 18.4 Å². The van der Waals surface area contributed by atoms with Crippen LogP contribution in [0.2, 0.25) is 0 Å². The Hall–Kier alpha value is -5.40. The van der Waals surface area contributed by atoms with Crippen molar-refractivity contribution in [1.29, 1.82) is 0 Å². The summed E-state index contributed by atoms with van der Waals surface area (Å²) in [7, 11) is 0. The number of fused-ring (bicyclic) bond motifs is 1. The van der Waals surface area contributed by atoms with E-state index in [1.54, 1.807) is 30.5 Å². The fraction of sp³-hybridized carbons (Fsp3) is 0.226. The second-order valence-corrected chi connectivity index (χ2v) is 10.2. The Labute approximate surface area is 252 Å². The lowest BCUT2D eigenvalue weighted by Gasteiger charge is -2.25. The summed E-state index contributed by atoms with van der Waals surface area (Å²) < 4.78 is 5.40. The Kier molecular flexibility index (Phi) is 10.2. The molecule has 0 aliphatic rings. The minimum atomic E-state index is -1.21. The molecule has 13 heteroatoms. The number of carbonyl (C=O) groups excluding carboxylic acids is 4. The number of hydrogen-bond donors (Lipinski definition) is 8. The fourth-order valence-corrected chi connectivity index (χ4v) is 4.66. The van der Waals surface area contributed by atoms with Crippen molar-refractivity contribution < 1.29 is 28.7 Å². The third kappa shape index (κ3) is 7.70. The predicted molar refractivity (Wildman–Crippen MR) is 163 cm³/mol. The molecule has 4 atom stereocenters. The van der Waals surface area contributed by atoms with Gasteiger partial charge in [0.15, 0.2) is 0 Å². The molecule has 0 spiro atoms. The maximum atomic E-state index is 13.7. The summed E-state index contributed by atoms with van der Waals surface area (Å²) in [5, 5.41) is 18.2. The van der Waals surface area contributed by atoms with E-state index in [0.29, 0.717) is 5.56 Å². The fourth-order valence-electron chi connectivity index (χ4n) is 4.66. The van der Waals surface area contributed by atoms with Crippen LogP contribution in [0.3, 0.4) is 0 Å². The van der Waals surface area contributed by atoms with E-state index < -0.39 is 47.8 Å². The number of aromatic amines is 1. The second-order valence-electron chi connectivity index (χ2n) is 10.2.